The SMILES string of the molecule is Fc1cccc(F)c1C(c1ccccn1)c1ccccn1. The molecule has 0 unspecified atom stereocenters. The van der Waals surface area contributed by atoms with Gasteiger partial charge in [-0.2, -0.15) is 0 Å². The first-order valence-electron chi connectivity index (χ1n) is 6.53. The molecule has 0 atom stereocenters. The first-order chi connectivity index (χ1) is 10.3. The smallest absolute Gasteiger partial charge is 0.130 e. The van der Waals surface area contributed by atoms with Gasteiger partial charge >= 0.3 is 0 Å². The maximum atomic E-state index is 14.2. The van der Waals surface area contributed by atoms with Crippen LogP contribution in [0.4, 0.5) is 8.78 Å². The number of pyridine rings is 2. The van der Waals surface area contributed by atoms with Gasteiger partial charge < -0.3 is 0 Å². The van der Waals surface area contributed by atoms with Gasteiger partial charge in [0.05, 0.1) is 17.3 Å². The molecule has 1 aromatic carbocycles. The van der Waals surface area contributed by atoms with E-state index in [1.807, 2.05) is 0 Å². The molecule has 3 rings (SSSR count). The van der Waals surface area contributed by atoms with E-state index >= 15 is 0 Å². The normalized spacial score (nSPS) is 10.8. The summed E-state index contributed by atoms with van der Waals surface area (Å²) in [5, 5.41) is 0. The largest absolute Gasteiger partial charge is 0.260 e. The van der Waals surface area contributed by atoms with Crippen molar-refractivity contribution in [2.24, 2.45) is 0 Å². The Balaban J connectivity index is 2.23. The van der Waals surface area contributed by atoms with Crippen molar-refractivity contribution < 1.29 is 8.78 Å². The topological polar surface area (TPSA) is 25.8 Å². The van der Waals surface area contributed by atoms with Gasteiger partial charge in [-0.1, -0.05) is 18.2 Å². The van der Waals surface area contributed by atoms with Gasteiger partial charge in [-0.05, 0) is 36.4 Å². The average molecular weight is 282 g/mol. The van der Waals surface area contributed by atoms with Crippen molar-refractivity contribution in [2.45, 2.75) is 5.92 Å². The molecule has 2 aromatic heterocycles. The molecule has 0 amide bonds. The van der Waals surface area contributed by atoms with Crippen LogP contribution in [0, 0.1) is 11.6 Å². The summed E-state index contributed by atoms with van der Waals surface area (Å²) in [6, 6.07) is 14.4. The van der Waals surface area contributed by atoms with E-state index in [0.29, 0.717) is 11.4 Å². The Morgan fingerprint density at radius 3 is 1.62 bits per heavy atom. The van der Waals surface area contributed by atoms with Crippen LogP contribution in [0.1, 0.15) is 22.9 Å². The van der Waals surface area contributed by atoms with Crippen LogP contribution in [0.3, 0.4) is 0 Å². The molecule has 0 aliphatic rings. The number of benzene rings is 1. The number of aromatic nitrogens is 2. The Kier molecular flexibility index (Phi) is 3.69. The summed E-state index contributed by atoms with van der Waals surface area (Å²) in [5.41, 5.74) is 1.08. The number of halogens is 2. The molecule has 21 heavy (non-hydrogen) atoms. The van der Waals surface area contributed by atoms with Gasteiger partial charge in [-0.15, -0.1) is 0 Å². The third kappa shape index (κ3) is 2.65. The first kappa shape index (κ1) is 13.4. The second-order valence-corrected chi connectivity index (χ2v) is 4.58. The van der Waals surface area contributed by atoms with Crippen LogP contribution in [0.25, 0.3) is 0 Å². The summed E-state index contributed by atoms with van der Waals surface area (Å²) in [5.74, 6) is -1.87. The fraction of sp³-hybridized carbons (Fsp3) is 0.0588. The van der Waals surface area contributed by atoms with Crippen LogP contribution in [-0.2, 0) is 0 Å². The lowest BCUT2D eigenvalue weighted by Crippen LogP contribution is -2.11. The van der Waals surface area contributed by atoms with E-state index in [1.54, 1.807) is 48.8 Å². The van der Waals surface area contributed by atoms with E-state index in [-0.39, 0.29) is 5.56 Å². The molecular formula is C17H12F2N2. The fourth-order valence-corrected chi connectivity index (χ4v) is 2.33. The van der Waals surface area contributed by atoms with E-state index in [2.05, 4.69) is 9.97 Å². The van der Waals surface area contributed by atoms with Crippen molar-refractivity contribution in [1.82, 2.24) is 9.97 Å². The van der Waals surface area contributed by atoms with Crippen LogP contribution in [-0.4, -0.2) is 9.97 Å². The van der Waals surface area contributed by atoms with Crippen LogP contribution < -0.4 is 0 Å². The molecule has 0 fully saturated rings. The maximum Gasteiger partial charge on any atom is 0.130 e. The third-order valence-electron chi connectivity index (χ3n) is 3.26. The molecule has 0 radical (unpaired) electrons. The van der Waals surface area contributed by atoms with Crippen molar-refractivity contribution in [2.75, 3.05) is 0 Å². The molecule has 0 bridgehead atoms. The zero-order chi connectivity index (χ0) is 14.7. The zero-order valence-corrected chi connectivity index (χ0v) is 11.1. The van der Waals surface area contributed by atoms with Gasteiger partial charge in [0.2, 0.25) is 0 Å². The molecule has 104 valence electrons. The van der Waals surface area contributed by atoms with E-state index in [4.69, 9.17) is 0 Å². The summed E-state index contributed by atoms with van der Waals surface area (Å²) >= 11 is 0. The van der Waals surface area contributed by atoms with Crippen LogP contribution in [0.5, 0.6) is 0 Å². The molecule has 2 heterocycles. The van der Waals surface area contributed by atoms with Gasteiger partial charge in [0, 0.05) is 18.0 Å². The van der Waals surface area contributed by atoms with Crippen LogP contribution in [0.15, 0.2) is 67.0 Å². The van der Waals surface area contributed by atoms with Crippen molar-refractivity contribution in [1.29, 1.82) is 0 Å². The Labute approximate surface area is 121 Å². The summed E-state index contributed by atoms with van der Waals surface area (Å²) in [4.78, 5) is 8.48. The highest BCUT2D eigenvalue weighted by Crippen LogP contribution is 2.32. The minimum atomic E-state index is -0.673. The fourth-order valence-electron chi connectivity index (χ4n) is 2.33. The second kappa shape index (κ2) is 5.79. The predicted molar refractivity (Wildman–Crippen MR) is 75.8 cm³/mol. The Hall–Kier alpha value is -2.62. The van der Waals surface area contributed by atoms with Gasteiger partial charge in [0.1, 0.15) is 11.6 Å². The standard InChI is InChI=1S/C17H12F2N2/c18-12-6-5-7-13(19)16(12)17(14-8-1-3-10-20-14)15-9-2-4-11-21-15/h1-11,17H. The number of hydrogen-bond donors (Lipinski definition) is 0. The lowest BCUT2D eigenvalue weighted by atomic mass is 9.90. The Morgan fingerprint density at radius 2 is 1.19 bits per heavy atom. The van der Waals surface area contributed by atoms with Crippen LogP contribution >= 0.6 is 0 Å². The monoisotopic (exact) mass is 282 g/mol. The van der Waals surface area contributed by atoms with Crippen molar-refractivity contribution in [3.05, 3.63) is 95.6 Å². The summed E-state index contributed by atoms with van der Waals surface area (Å²) < 4.78 is 28.4. The third-order valence-corrected chi connectivity index (χ3v) is 3.26. The average Bonchev–Trinajstić information content (AvgIpc) is 2.53. The molecule has 0 saturated carbocycles. The molecule has 4 heteroatoms. The van der Waals surface area contributed by atoms with Gasteiger partial charge in [-0.25, -0.2) is 8.78 Å². The van der Waals surface area contributed by atoms with E-state index in [1.165, 1.54) is 18.2 Å². The summed E-state index contributed by atoms with van der Waals surface area (Å²) in [6.07, 6.45) is 3.20. The molecular weight excluding hydrogens is 270 g/mol. The number of rotatable bonds is 3. The summed E-state index contributed by atoms with van der Waals surface area (Å²) in [7, 11) is 0. The van der Waals surface area contributed by atoms with Crippen molar-refractivity contribution >= 4 is 0 Å². The predicted octanol–water partition coefficient (Wildman–Crippen LogP) is 3.94. The molecule has 0 saturated heterocycles. The van der Waals surface area contributed by atoms with Gasteiger partial charge in [-0.3, -0.25) is 9.97 Å². The zero-order valence-electron chi connectivity index (χ0n) is 11.1. The van der Waals surface area contributed by atoms with Crippen molar-refractivity contribution in [3.8, 4) is 0 Å². The lowest BCUT2D eigenvalue weighted by molar-refractivity contribution is 0.548. The van der Waals surface area contributed by atoms with Crippen molar-refractivity contribution in [3.63, 3.8) is 0 Å². The highest BCUT2D eigenvalue weighted by atomic mass is 19.1. The lowest BCUT2D eigenvalue weighted by Gasteiger charge is -2.17. The van der Waals surface area contributed by atoms with Crippen LogP contribution in [0.2, 0.25) is 0 Å². The molecule has 2 nitrogen and oxygen atoms in total. The molecule has 0 aliphatic carbocycles. The minimum absolute atomic E-state index is 0.0325. The van der Waals surface area contributed by atoms with E-state index < -0.39 is 17.6 Å². The summed E-state index contributed by atoms with van der Waals surface area (Å²) in [6.45, 7) is 0. The molecule has 0 aliphatic heterocycles. The first-order valence-corrected chi connectivity index (χ1v) is 6.53. The number of nitrogens with zero attached hydrogens (tertiary/aromatic N) is 2. The molecule has 0 N–H and O–H groups in total. The van der Waals surface area contributed by atoms with Gasteiger partial charge in [0.15, 0.2) is 0 Å². The number of hydrogen-bond acceptors (Lipinski definition) is 2. The maximum absolute atomic E-state index is 14.2. The molecule has 3 aromatic rings. The highest BCUT2D eigenvalue weighted by molar-refractivity contribution is 5.38. The van der Waals surface area contributed by atoms with E-state index in [9.17, 15) is 8.78 Å². The minimum Gasteiger partial charge on any atom is -0.260 e. The molecule has 0 spiro atoms. The Bertz CT molecular complexity index is 671. The van der Waals surface area contributed by atoms with E-state index in [0.717, 1.165) is 0 Å². The highest BCUT2D eigenvalue weighted by Gasteiger charge is 2.25. The van der Waals surface area contributed by atoms with Gasteiger partial charge in [0.25, 0.3) is 0 Å². The second-order valence-electron chi connectivity index (χ2n) is 4.58. The quantitative estimate of drug-likeness (QED) is 0.727. The Morgan fingerprint density at radius 1 is 0.667 bits per heavy atom.